The van der Waals surface area contributed by atoms with Crippen molar-refractivity contribution in [3.63, 3.8) is 0 Å². The third-order valence-electron chi connectivity index (χ3n) is 5.45. The zero-order valence-corrected chi connectivity index (χ0v) is 17.7. The number of aryl methyl sites for hydroxylation is 1. The summed E-state index contributed by atoms with van der Waals surface area (Å²) < 4.78 is 47.0. The summed E-state index contributed by atoms with van der Waals surface area (Å²) in [6.07, 6.45) is 1.24. The fourth-order valence-electron chi connectivity index (χ4n) is 3.68. The van der Waals surface area contributed by atoms with Crippen molar-refractivity contribution in [2.75, 3.05) is 10.6 Å². The Bertz CT molecular complexity index is 1050. The van der Waals surface area contributed by atoms with E-state index in [2.05, 4.69) is 20.6 Å². The first kappa shape index (κ1) is 21.9. The monoisotopic (exact) mass is 442 g/mol. The van der Waals surface area contributed by atoms with Gasteiger partial charge in [-0.05, 0) is 61.9 Å². The molecule has 1 heterocycles. The molecule has 32 heavy (non-hydrogen) atoms. The van der Waals surface area contributed by atoms with Crippen LogP contribution in [0.5, 0.6) is 5.75 Å². The highest BCUT2D eigenvalue weighted by Gasteiger charge is 2.35. The molecule has 3 aromatic rings. The molecule has 5 nitrogen and oxygen atoms in total. The van der Waals surface area contributed by atoms with Crippen LogP contribution in [0.3, 0.4) is 0 Å². The molecule has 2 N–H and O–H groups in total. The number of halogens is 3. The van der Waals surface area contributed by atoms with Crippen LogP contribution in [0, 0.1) is 0 Å². The van der Waals surface area contributed by atoms with Crippen molar-refractivity contribution in [1.29, 1.82) is 0 Å². The van der Waals surface area contributed by atoms with Crippen LogP contribution >= 0.6 is 0 Å². The molecule has 0 radical (unpaired) electrons. The van der Waals surface area contributed by atoms with E-state index < -0.39 is 11.7 Å². The van der Waals surface area contributed by atoms with Gasteiger partial charge in [0.15, 0.2) is 0 Å². The van der Waals surface area contributed by atoms with Crippen molar-refractivity contribution in [3.8, 4) is 5.75 Å². The van der Waals surface area contributed by atoms with Gasteiger partial charge in [-0.3, -0.25) is 0 Å². The van der Waals surface area contributed by atoms with E-state index >= 15 is 0 Å². The van der Waals surface area contributed by atoms with Crippen LogP contribution in [0.25, 0.3) is 0 Å². The van der Waals surface area contributed by atoms with Gasteiger partial charge in [0, 0.05) is 11.9 Å². The van der Waals surface area contributed by atoms with Gasteiger partial charge in [-0.2, -0.15) is 18.2 Å². The average Bonchev–Trinajstić information content (AvgIpc) is 3.28. The standard InChI is InChI=1S/C24H25F3N4O/c1-2-16-11-13-17(14-12-16)29-23-28-15-19(24(25,26)27)22(31-23)30-20-9-5-6-10-21(20)32-18-7-3-4-8-18/h5-6,9-15,18H,2-4,7-8H2,1H3,(H2,28,29,30,31). The minimum atomic E-state index is -4.61. The summed E-state index contributed by atoms with van der Waals surface area (Å²) in [5.41, 5.74) is 1.34. The van der Waals surface area contributed by atoms with E-state index in [9.17, 15) is 13.2 Å². The van der Waals surface area contributed by atoms with Crippen LogP contribution in [-0.4, -0.2) is 16.1 Å². The summed E-state index contributed by atoms with van der Waals surface area (Å²) in [5, 5.41) is 5.80. The second-order valence-electron chi connectivity index (χ2n) is 7.77. The van der Waals surface area contributed by atoms with Crippen LogP contribution in [0.2, 0.25) is 0 Å². The lowest BCUT2D eigenvalue weighted by atomic mass is 10.1. The van der Waals surface area contributed by atoms with Gasteiger partial charge in [0.25, 0.3) is 0 Å². The van der Waals surface area contributed by atoms with Gasteiger partial charge < -0.3 is 15.4 Å². The average molecular weight is 442 g/mol. The number of aromatic nitrogens is 2. The fourth-order valence-corrected chi connectivity index (χ4v) is 3.68. The van der Waals surface area contributed by atoms with Crippen LogP contribution < -0.4 is 15.4 Å². The van der Waals surface area contributed by atoms with Gasteiger partial charge in [0.05, 0.1) is 11.8 Å². The van der Waals surface area contributed by atoms with Crippen LogP contribution in [0.1, 0.15) is 43.7 Å². The third kappa shape index (κ3) is 5.30. The largest absolute Gasteiger partial charge is 0.488 e. The molecule has 8 heteroatoms. The number of para-hydroxylation sites is 2. The number of ether oxygens (including phenoxy) is 1. The number of nitrogens with one attached hydrogen (secondary N) is 2. The molecular weight excluding hydrogens is 417 g/mol. The lowest BCUT2D eigenvalue weighted by Crippen LogP contribution is -2.14. The normalized spacial score (nSPS) is 14.4. The topological polar surface area (TPSA) is 59.1 Å². The molecule has 0 spiro atoms. The molecule has 0 bridgehead atoms. The molecule has 0 amide bonds. The number of rotatable bonds is 7. The van der Waals surface area contributed by atoms with Gasteiger partial charge in [-0.1, -0.05) is 31.2 Å². The fraction of sp³-hybridized carbons (Fsp3) is 0.333. The van der Waals surface area contributed by atoms with Gasteiger partial charge in [-0.25, -0.2) is 4.98 Å². The first-order valence-corrected chi connectivity index (χ1v) is 10.8. The molecule has 4 rings (SSSR count). The first-order chi connectivity index (χ1) is 15.4. The number of alkyl halides is 3. The number of nitrogens with zero attached hydrogens (tertiary/aromatic N) is 2. The highest BCUT2D eigenvalue weighted by molar-refractivity contribution is 5.67. The van der Waals surface area contributed by atoms with E-state index in [4.69, 9.17) is 4.74 Å². The molecule has 2 aromatic carbocycles. The quantitative estimate of drug-likeness (QED) is 0.418. The second-order valence-corrected chi connectivity index (χ2v) is 7.77. The summed E-state index contributed by atoms with van der Waals surface area (Å²) in [6, 6.07) is 14.6. The number of anilines is 4. The van der Waals surface area contributed by atoms with E-state index in [1.807, 2.05) is 31.2 Å². The Labute approximate surface area is 185 Å². The Morgan fingerprint density at radius 2 is 1.72 bits per heavy atom. The first-order valence-electron chi connectivity index (χ1n) is 10.8. The smallest absolute Gasteiger partial charge is 0.421 e. The predicted octanol–water partition coefficient (Wildman–Crippen LogP) is 6.87. The Morgan fingerprint density at radius 1 is 1.00 bits per heavy atom. The zero-order chi connectivity index (χ0) is 22.6. The maximum atomic E-state index is 13.6. The van der Waals surface area contributed by atoms with Crippen LogP contribution in [-0.2, 0) is 12.6 Å². The van der Waals surface area contributed by atoms with Gasteiger partial charge in [0.2, 0.25) is 5.95 Å². The molecule has 1 aromatic heterocycles. The van der Waals surface area contributed by atoms with Crippen LogP contribution in [0.4, 0.5) is 36.3 Å². The molecule has 1 fully saturated rings. The summed E-state index contributed by atoms with van der Waals surface area (Å²) in [4.78, 5) is 8.01. The second kappa shape index (κ2) is 9.46. The van der Waals surface area contributed by atoms with Crippen LogP contribution in [0.15, 0.2) is 54.7 Å². The Kier molecular flexibility index (Phi) is 6.48. The molecule has 168 valence electrons. The Morgan fingerprint density at radius 3 is 2.41 bits per heavy atom. The van der Waals surface area contributed by atoms with E-state index in [1.54, 1.807) is 24.3 Å². The van der Waals surface area contributed by atoms with E-state index in [-0.39, 0.29) is 17.9 Å². The minimum Gasteiger partial charge on any atom is -0.488 e. The molecule has 0 unspecified atom stereocenters. The summed E-state index contributed by atoms with van der Waals surface area (Å²) in [5.74, 6) is 0.248. The van der Waals surface area contributed by atoms with Crippen molar-refractivity contribution >= 4 is 23.1 Å². The molecule has 1 aliphatic carbocycles. The lowest BCUT2D eigenvalue weighted by Gasteiger charge is -2.19. The lowest BCUT2D eigenvalue weighted by molar-refractivity contribution is -0.137. The minimum absolute atomic E-state index is 0.0685. The summed E-state index contributed by atoms with van der Waals surface area (Å²) in [7, 11) is 0. The number of benzene rings is 2. The Hall–Kier alpha value is -3.29. The molecule has 1 saturated carbocycles. The number of hydrogen-bond donors (Lipinski definition) is 2. The SMILES string of the molecule is CCc1ccc(Nc2ncc(C(F)(F)F)c(Nc3ccccc3OC3CCCC3)n2)cc1. The van der Waals surface area contributed by atoms with Crippen molar-refractivity contribution in [2.24, 2.45) is 0 Å². The van der Waals surface area contributed by atoms with Gasteiger partial charge in [0.1, 0.15) is 17.1 Å². The summed E-state index contributed by atoms with van der Waals surface area (Å²) >= 11 is 0. The highest BCUT2D eigenvalue weighted by atomic mass is 19.4. The summed E-state index contributed by atoms with van der Waals surface area (Å²) in [6.45, 7) is 2.05. The maximum absolute atomic E-state index is 13.6. The van der Waals surface area contributed by atoms with Crippen molar-refractivity contribution < 1.29 is 17.9 Å². The molecular formula is C24H25F3N4O. The molecule has 0 saturated heterocycles. The maximum Gasteiger partial charge on any atom is 0.421 e. The van der Waals surface area contributed by atoms with E-state index in [0.717, 1.165) is 43.9 Å². The molecule has 0 aliphatic heterocycles. The van der Waals surface area contributed by atoms with Crippen molar-refractivity contribution in [1.82, 2.24) is 9.97 Å². The predicted molar refractivity (Wildman–Crippen MR) is 119 cm³/mol. The molecule has 1 aliphatic rings. The van der Waals surface area contributed by atoms with Crippen molar-refractivity contribution in [3.05, 3.63) is 65.9 Å². The van der Waals surface area contributed by atoms with E-state index in [0.29, 0.717) is 17.1 Å². The highest BCUT2D eigenvalue weighted by Crippen LogP contribution is 2.37. The number of hydrogen-bond acceptors (Lipinski definition) is 5. The Balaban J connectivity index is 1.62. The zero-order valence-electron chi connectivity index (χ0n) is 17.7. The van der Waals surface area contributed by atoms with Crippen molar-refractivity contribution in [2.45, 2.75) is 51.3 Å². The molecule has 0 atom stereocenters. The van der Waals surface area contributed by atoms with E-state index in [1.165, 1.54) is 0 Å². The van der Waals surface area contributed by atoms with Gasteiger partial charge in [-0.15, -0.1) is 0 Å². The van der Waals surface area contributed by atoms with Gasteiger partial charge >= 0.3 is 6.18 Å². The third-order valence-corrected chi connectivity index (χ3v) is 5.45.